The molecule has 0 bridgehead atoms. The van der Waals surface area contributed by atoms with Gasteiger partial charge in [-0.05, 0) is 23.6 Å². The van der Waals surface area contributed by atoms with Gasteiger partial charge in [-0.25, -0.2) is 8.78 Å². The third-order valence-corrected chi connectivity index (χ3v) is 6.32. The lowest BCUT2D eigenvalue weighted by Crippen LogP contribution is -2.42. The monoisotopic (exact) mass is 432 g/mol. The Labute approximate surface area is 171 Å². The number of aromatic nitrogens is 2. The molecule has 1 aliphatic heterocycles. The van der Waals surface area contributed by atoms with Gasteiger partial charge < -0.3 is 20.2 Å². The Kier molecular flexibility index (Phi) is 4.23. The van der Waals surface area contributed by atoms with Crippen molar-refractivity contribution in [2.24, 2.45) is 0 Å². The molecule has 4 heterocycles. The van der Waals surface area contributed by atoms with Crippen LogP contribution in [0.25, 0.3) is 21.0 Å². The Morgan fingerprint density at radius 3 is 2.57 bits per heavy atom. The number of hydrogen-bond acceptors (Lipinski definition) is 4. The fourth-order valence-electron chi connectivity index (χ4n) is 4.02. The van der Waals surface area contributed by atoms with Crippen LogP contribution < -0.4 is 10.9 Å². The van der Waals surface area contributed by atoms with E-state index in [0.717, 1.165) is 23.5 Å². The highest BCUT2D eigenvalue weighted by Crippen LogP contribution is 2.33. The van der Waals surface area contributed by atoms with Crippen LogP contribution >= 0.6 is 11.3 Å². The first-order valence-electron chi connectivity index (χ1n) is 9.13. The average Bonchev–Trinajstić information content (AvgIpc) is 3.25. The summed E-state index contributed by atoms with van der Waals surface area (Å²) in [7, 11) is 1.59. The molecule has 1 unspecified atom stereocenters. The number of thiophene rings is 1. The summed E-state index contributed by atoms with van der Waals surface area (Å²) in [5, 5.41) is 3.08. The second-order valence-corrected chi connectivity index (χ2v) is 8.27. The van der Waals surface area contributed by atoms with Crippen molar-refractivity contribution in [3.8, 4) is 0 Å². The van der Waals surface area contributed by atoms with Gasteiger partial charge in [0.2, 0.25) is 0 Å². The lowest BCUT2D eigenvalue weighted by molar-refractivity contribution is 0.0718. The summed E-state index contributed by atoms with van der Waals surface area (Å²) in [6.45, 7) is 0.689. The summed E-state index contributed by atoms with van der Waals surface area (Å²) >= 11 is 0.935. The second kappa shape index (κ2) is 6.71. The zero-order chi connectivity index (χ0) is 21.2. The number of carbonyl (C=O) groups is 1. The number of likely N-dealkylation sites (N-methyl/N-ethyl adjacent to an activating group) is 1. The highest BCUT2D eigenvalue weighted by molar-refractivity contribution is 7.17. The van der Waals surface area contributed by atoms with Crippen LogP contribution in [0.2, 0.25) is 0 Å². The molecule has 1 aliphatic rings. The van der Waals surface area contributed by atoms with Gasteiger partial charge in [0.05, 0.1) is 21.6 Å². The number of hydrogen-bond donors (Lipinski definition) is 3. The van der Waals surface area contributed by atoms with E-state index in [4.69, 9.17) is 0 Å². The summed E-state index contributed by atoms with van der Waals surface area (Å²) in [6, 6.07) is 4.24. The van der Waals surface area contributed by atoms with E-state index in [1.54, 1.807) is 13.1 Å². The summed E-state index contributed by atoms with van der Waals surface area (Å²) in [5.74, 6) is -2.52. The van der Waals surface area contributed by atoms with E-state index in [1.165, 1.54) is 11.0 Å². The van der Waals surface area contributed by atoms with Crippen LogP contribution in [-0.2, 0) is 6.54 Å². The van der Waals surface area contributed by atoms with E-state index in [9.17, 15) is 22.8 Å². The first-order valence-corrected chi connectivity index (χ1v) is 9.95. The van der Waals surface area contributed by atoms with Gasteiger partial charge in [-0.3, -0.25) is 9.59 Å². The smallest absolute Gasteiger partial charge is 0.270 e. The number of H-pyrrole nitrogens is 2. The normalized spacial score (nSPS) is 16.2. The number of aromatic amines is 2. The number of pyridine rings is 1. The molecular formula is C20H15F3N4O2S. The number of benzene rings is 1. The van der Waals surface area contributed by atoms with Crippen molar-refractivity contribution in [1.82, 2.24) is 20.2 Å². The number of fused-ring (bicyclic) bond motifs is 4. The van der Waals surface area contributed by atoms with Crippen LogP contribution in [0.1, 0.15) is 27.8 Å². The SMILES string of the molecule is CN(C(=O)c1cc2sc(F)cc2[nH]1)C1CNCc2[nH]c(=O)c3cc(F)c(F)cc3c21. The highest BCUT2D eigenvalue weighted by atomic mass is 32.1. The standard InChI is InChI=1S/C20H15F3N4O2S/c1-27(20(29)13-4-16-12(25-13)5-17(23)30-16)15-7-24-6-14-18(15)8-2-10(21)11(22)3-9(8)19(28)26-14/h2-5,15,24-25H,6-7H2,1H3,(H,26,28). The average molecular weight is 432 g/mol. The number of rotatable bonds is 2. The topological polar surface area (TPSA) is 81.0 Å². The summed E-state index contributed by atoms with van der Waals surface area (Å²) in [6.07, 6.45) is 0. The fraction of sp³-hybridized carbons (Fsp3) is 0.200. The third-order valence-electron chi connectivity index (χ3n) is 5.45. The Morgan fingerprint density at radius 1 is 1.10 bits per heavy atom. The van der Waals surface area contributed by atoms with E-state index < -0.39 is 23.2 Å². The number of amides is 1. The molecule has 154 valence electrons. The number of nitrogens with zero attached hydrogens (tertiary/aromatic N) is 1. The molecule has 0 saturated heterocycles. The van der Waals surface area contributed by atoms with Gasteiger partial charge in [0, 0.05) is 37.5 Å². The lowest BCUT2D eigenvalue weighted by atomic mass is 9.93. The van der Waals surface area contributed by atoms with Gasteiger partial charge in [-0.15, -0.1) is 11.3 Å². The minimum absolute atomic E-state index is 0.0243. The molecule has 6 nitrogen and oxygen atoms in total. The minimum atomic E-state index is -1.11. The third kappa shape index (κ3) is 2.83. The molecule has 30 heavy (non-hydrogen) atoms. The molecule has 1 aromatic carbocycles. The Hall–Kier alpha value is -3.11. The molecule has 1 amide bonds. The summed E-state index contributed by atoms with van der Waals surface area (Å²) in [4.78, 5) is 32.6. The molecule has 5 rings (SSSR count). The van der Waals surface area contributed by atoms with Crippen LogP contribution in [0.3, 0.4) is 0 Å². The predicted molar refractivity (Wildman–Crippen MR) is 107 cm³/mol. The van der Waals surface area contributed by atoms with Gasteiger partial charge in [0.25, 0.3) is 11.5 Å². The number of nitrogens with one attached hydrogen (secondary N) is 3. The van der Waals surface area contributed by atoms with Crippen molar-refractivity contribution in [2.45, 2.75) is 12.6 Å². The van der Waals surface area contributed by atoms with Crippen LogP contribution in [-0.4, -0.2) is 34.4 Å². The molecule has 0 aliphatic carbocycles. The van der Waals surface area contributed by atoms with E-state index in [2.05, 4.69) is 15.3 Å². The van der Waals surface area contributed by atoms with E-state index in [0.29, 0.717) is 34.6 Å². The van der Waals surface area contributed by atoms with E-state index >= 15 is 0 Å². The van der Waals surface area contributed by atoms with Crippen molar-refractivity contribution in [2.75, 3.05) is 13.6 Å². The fourth-order valence-corrected chi connectivity index (χ4v) is 4.80. The number of halogens is 3. The van der Waals surface area contributed by atoms with Gasteiger partial charge in [0.15, 0.2) is 16.8 Å². The van der Waals surface area contributed by atoms with Gasteiger partial charge >= 0.3 is 0 Å². The molecule has 4 aromatic rings. The number of carbonyl (C=O) groups excluding carboxylic acids is 1. The van der Waals surface area contributed by atoms with Crippen molar-refractivity contribution in [3.63, 3.8) is 0 Å². The maximum absolute atomic E-state index is 14.0. The Morgan fingerprint density at radius 2 is 1.83 bits per heavy atom. The largest absolute Gasteiger partial charge is 0.350 e. The zero-order valence-corrected chi connectivity index (χ0v) is 16.4. The van der Waals surface area contributed by atoms with Gasteiger partial charge in [-0.2, -0.15) is 4.39 Å². The van der Waals surface area contributed by atoms with Crippen molar-refractivity contribution in [1.29, 1.82) is 0 Å². The molecule has 3 aromatic heterocycles. The Balaban J connectivity index is 1.61. The van der Waals surface area contributed by atoms with Crippen LogP contribution in [0.4, 0.5) is 13.2 Å². The zero-order valence-electron chi connectivity index (χ0n) is 15.6. The maximum Gasteiger partial charge on any atom is 0.270 e. The Bertz CT molecular complexity index is 1360. The molecule has 0 spiro atoms. The van der Waals surface area contributed by atoms with Crippen molar-refractivity contribution >= 4 is 38.2 Å². The molecule has 0 saturated carbocycles. The quantitative estimate of drug-likeness (QED) is 0.454. The summed E-state index contributed by atoms with van der Waals surface area (Å²) in [5.41, 5.74) is 1.38. The molecule has 10 heteroatoms. The molecular weight excluding hydrogens is 417 g/mol. The van der Waals surface area contributed by atoms with Crippen LogP contribution in [0.15, 0.2) is 29.1 Å². The first-order chi connectivity index (χ1) is 14.3. The molecule has 0 radical (unpaired) electrons. The van der Waals surface area contributed by atoms with E-state index in [1.807, 2.05) is 0 Å². The maximum atomic E-state index is 14.0. The summed E-state index contributed by atoms with van der Waals surface area (Å²) < 4.78 is 41.7. The van der Waals surface area contributed by atoms with Crippen molar-refractivity contribution in [3.05, 3.63) is 68.3 Å². The molecule has 3 N–H and O–H groups in total. The van der Waals surface area contributed by atoms with Crippen LogP contribution in [0, 0.1) is 16.8 Å². The molecule has 1 atom stereocenters. The molecule has 0 fully saturated rings. The minimum Gasteiger partial charge on any atom is -0.350 e. The van der Waals surface area contributed by atoms with Crippen molar-refractivity contribution < 1.29 is 18.0 Å². The van der Waals surface area contributed by atoms with E-state index in [-0.39, 0.29) is 27.5 Å². The first kappa shape index (κ1) is 18.9. The van der Waals surface area contributed by atoms with Crippen LogP contribution in [0.5, 0.6) is 0 Å². The lowest BCUT2D eigenvalue weighted by Gasteiger charge is -2.34. The second-order valence-electron chi connectivity index (χ2n) is 7.23. The highest BCUT2D eigenvalue weighted by Gasteiger charge is 2.31. The van der Waals surface area contributed by atoms with Gasteiger partial charge in [0.1, 0.15) is 5.69 Å². The predicted octanol–water partition coefficient (Wildman–Crippen LogP) is 3.40. The van der Waals surface area contributed by atoms with Gasteiger partial charge in [-0.1, -0.05) is 0 Å².